The summed E-state index contributed by atoms with van der Waals surface area (Å²) in [6.45, 7) is 1.93. The van der Waals surface area contributed by atoms with E-state index < -0.39 is 0 Å². The van der Waals surface area contributed by atoms with Gasteiger partial charge in [0, 0.05) is 17.5 Å². The molecule has 1 amide bonds. The van der Waals surface area contributed by atoms with Crippen molar-refractivity contribution in [1.82, 2.24) is 4.98 Å². The highest BCUT2D eigenvalue weighted by Gasteiger charge is 2.31. The number of anilines is 1. The van der Waals surface area contributed by atoms with Crippen molar-refractivity contribution in [2.24, 2.45) is 5.84 Å². The number of hydrazine groups is 1. The van der Waals surface area contributed by atoms with Crippen LogP contribution in [-0.2, 0) is 4.79 Å². The van der Waals surface area contributed by atoms with Crippen LogP contribution in [0.3, 0.4) is 0 Å². The summed E-state index contributed by atoms with van der Waals surface area (Å²) in [6, 6.07) is 11.4. The molecule has 2 heterocycles. The summed E-state index contributed by atoms with van der Waals surface area (Å²) in [5.74, 6) is 5.65. The van der Waals surface area contributed by atoms with Gasteiger partial charge in [0.2, 0.25) is 0 Å². The largest absolute Gasteiger partial charge is 0.361 e. The number of hydrogen-bond acceptors (Lipinski definition) is 2. The topological polar surface area (TPSA) is 62.1 Å². The SMILES string of the molecule is CC(=C1C(=O)N(N)c2ccccc21)c1ccc[nH]1. The van der Waals surface area contributed by atoms with E-state index in [1.807, 2.05) is 49.5 Å². The van der Waals surface area contributed by atoms with E-state index in [-0.39, 0.29) is 5.91 Å². The number of rotatable bonds is 1. The molecule has 18 heavy (non-hydrogen) atoms. The molecule has 4 nitrogen and oxygen atoms in total. The Morgan fingerprint density at radius 2 is 2.00 bits per heavy atom. The second kappa shape index (κ2) is 3.85. The molecule has 4 heteroatoms. The number of nitrogens with one attached hydrogen (secondary N) is 1. The fraction of sp³-hybridized carbons (Fsp3) is 0.0714. The molecule has 0 unspecified atom stereocenters. The molecule has 1 aromatic carbocycles. The number of aromatic amines is 1. The van der Waals surface area contributed by atoms with Crippen molar-refractivity contribution in [3.05, 3.63) is 53.9 Å². The third-order valence-corrected chi connectivity index (χ3v) is 3.24. The Labute approximate surface area is 105 Å². The van der Waals surface area contributed by atoms with Crippen LogP contribution in [0.25, 0.3) is 11.1 Å². The van der Waals surface area contributed by atoms with Crippen LogP contribution in [0.4, 0.5) is 5.69 Å². The predicted octanol–water partition coefficient (Wildman–Crippen LogP) is 2.17. The number of nitrogens with zero attached hydrogens (tertiary/aromatic N) is 1. The van der Waals surface area contributed by atoms with Gasteiger partial charge in [-0.25, -0.2) is 10.9 Å². The standard InChI is InChI=1S/C14H13N3O/c1-9(11-6-4-8-16-11)13-10-5-2-3-7-12(10)17(15)14(13)18/h2-8,16H,15H2,1H3. The number of carbonyl (C=O) groups excluding carboxylic acids is 1. The maximum atomic E-state index is 12.2. The molecule has 0 radical (unpaired) electrons. The summed E-state index contributed by atoms with van der Waals surface area (Å²) in [4.78, 5) is 15.3. The fourth-order valence-electron chi connectivity index (χ4n) is 2.30. The van der Waals surface area contributed by atoms with Crippen molar-refractivity contribution in [3.63, 3.8) is 0 Å². The van der Waals surface area contributed by atoms with E-state index in [2.05, 4.69) is 4.98 Å². The number of amides is 1. The number of allylic oxidation sites excluding steroid dienone is 1. The molecule has 0 fully saturated rings. The minimum atomic E-state index is -0.164. The lowest BCUT2D eigenvalue weighted by Crippen LogP contribution is -2.33. The maximum Gasteiger partial charge on any atom is 0.273 e. The van der Waals surface area contributed by atoms with Crippen LogP contribution in [0.2, 0.25) is 0 Å². The summed E-state index contributed by atoms with van der Waals surface area (Å²) in [6.07, 6.45) is 1.84. The molecule has 0 bridgehead atoms. The van der Waals surface area contributed by atoms with Gasteiger partial charge >= 0.3 is 0 Å². The van der Waals surface area contributed by atoms with Crippen LogP contribution in [0, 0.1) is 0 Å². The number of nitrogens with two attached hydrogens (primary N) is 1. The molecule has 1 aromatic heterocycles. The monoisotopic (exact) mass is 239 g/mol. The minimum Gasteiger partial charge on any atom is -0.361 e. The van der Waals surface area contributed by atoms with E-state index in [9.17, 15) is 4.79 Å². The molecule has 0 saturated carbocycles. The van der Waals surface area contributed by atoms with Crippen molar-refractivity contribution < 1.29 is 4.79 Å². The predicted molar refractivity (Wildman–Crippen MR) is 71.4 cm³/mol. The van der Waals surface area contributed by atoms with Gasteiger partial charge in [0.1, 0.15) is 0 Å². The van der Waals surface area contributed by atoms with Crippen molar-refractivity contribution in [3.8, 4) is 0 Å². The average molecular weight is 239 g/mol. The van der Waals surface area contributed by atoms with E-state index in [0.717, 1.165) is 22.5 Å². The minimum absolute atomic E-state index is 0.164. The highest BCUT2D eigenvalue weighted by Crippen LogP contribution is 2.38. The molecule has 3 N–H and O–H groups in total. The van der Waals surface area contributed by atoms with Crippen LogP contribution in [-0.4, -0.2) is 10.9 Å². The van der Waals surface area contributed by atoms with Crippen molar-refractivity contribution in [2.75, 3.05) is 5.01 Å². The van der Waals surface area contributed by atoms with E-state index in [1.165, 1.54) is 5.01 Å². The molecule has 0 atom stereocenters. The lowest BCUT2D eigenvalue weighted by molar-refractivity contribution is -0.113. The molecular weight excluding hydrogens is 226 g/mol. The molecular formula is C14H13N3O. The summed E-state index contributed by atoms with van der Waals surface area (Å²) < 4.78 is 0. The normalized spacial score (nSPS) is 17.0. The number of benzene rings is 1. The Balaban J connectivity index is 2.25. The summed E-state index contributed by atoms with van der Waals surface area (Å²) in [5.41, 5.74) is 4.14. The van der Waals surface area contributed by atoms with Crippen LogP contribution in [0.15, 0.2) is 42.6 Å². The third kappa shape index (κ3) is 1.39. The van der Waals surface area contributed by atoms with Gasteiger partial charge in [0.05, 0.1) is 11.3 Å². The molecule has 90 valence electrons. The first-order valence-corrected chi connectivity index (χ1v) is 5.73. The van der Waals surface area contributed by atoms with Gasteiger partial charge < -0.3 is 4.98 Å². The van der Waals surface area contributed by atoms with Crippen molar-refractivity contribution in [2.45, 2.75) is 6.92 Å². The Morgan fingerprint density at radius 1 is 1.22 bits per heavy atom. The Bertz CT molecular complexity index is 641. The number of fused-ring (bicyclic) bond motifs is 1. The lowest BCUT2D eigenvalue weighted by Gasteiger charge is -2.07. The van der Waals surface area contributed by atoms with E-state index in [0.29, 0.717) is 5.57 Å². The molecule has 2 aromatic rings. The summed E-state index contributed by atoms with van der Waals surface area (Å²) in [5, 5.41) is 1.21. The van der Waals surface area contributed by atoms with Gasteiger partial charge in [0.25, 0.3) is 5.91 Å². The number of aromatic nitrogens is 1. The second-order valence-corrected chi connectivity index (χ2v) is 4.28. The number of hydrogen-bond donors (Lipinski definition) is 2. The first-order valence-electron chi connectivity index (χ1n) is 5.73. The molecule has 3 rings (SSSR count). The summed E-state index contributed by atoms with van der Waals surface area (Å²) in [7, 11) is 0. The van der Waals surface area contributed by atoms with E-state index >= 15 is 0 Å². The van der Waals surface area contributed by atoms with Crippen molar-refractivity contribution in [1.29, 1.82) is 0 Å². The summed E-state index contributed by atoms with van der Waals surface area (Å²) >= 11 is 0. The average Bonchev–Trinajstić information content (AvgIpc) is 2.99. The molecule has 1 aliphatic rings. The number of carbonyl (C=O) groups is 1. The Kier molecular flexibility index (Phi) is 2.31. The quantitative estimate of drug-likeness (QED) is 0.455. The van der Waals surface area contributed by atoms with E-state index in [4.69, 9.17) is 5.84 Å². The molecule has 1 aliphatic heterocycles. The van der Waals surface area contributed by atoms with Gasteiger partial charge in [-0.2, -0.15) is 0 Å². The first-order chi connectivity index (χ1) is 8.70. The molecule has 0 spiro atoms. The smallest absolute Gasteiger partial charge is 0.273 e. The lowest BCUT2D eigenvalue weighted by atomic mass is 10.0. The Hall–Kier alpha value is -2.33. The van der Waals surface area contributed by atoms with Gasteiger partial charge in [-0.15, -0.1) is 0 Å². The van der Waals surface area contributed by atoms with Gasteiger partial charge in [-0.3, -0.25) is 4.79 Å². The highest BCUT2D eigenvalue weighted by molar-refractivity contribution is 6.37. The van der Waals surface area contributed by atoms with Gasteiger partial charge in [-0.05, 0) is 30.7 Å². The zero-order valence-electron chi connectivity index (χ0n) is 9.97. The first kappa shape index (κ1) is 10.8. The third-order valence-electron chi connectivity index (χ3n) is 3.24. The zero-order chi connectivity index (χ0) is 12.7. The van der Waals surface area contributed by atoms with Crippen LogP contribution < -0.4 is 10.9 Å². The maximum absolute atomic E-state index is 12.2. The number of H-pyrrole nitrogens is 1. The van der Waals surface area contributed by atoms with Crippen molar-refractivity contribution >= 4 is 22.7 Å². The van der Waals surface area contributed by atoms with Gasteiger partial charge in [-0.1, -0.05) is 18.2 Å². The van der Waals surface area contributed by atoms with Crippen LogP contribution in [0.1, 0.15) is 18.2 Å². The molecule has 0 saturated heterocycles. The van der Waals surface area contributed by atoms with Crippen LogP contribution >= 0.6 is 0 Å². The highest BCUT2D eigenvalue weighted by atomic mass is 16.2. The number of para-hydroxylation sites is 1. The van der Waals surface area contributed by atoms with E-state index in [1.54, 1.807) is 0 Å². The Morgan fingerprint density at radius 3 is 2.72 bits per heavy atom. The van der Waals surface area contributed by atoms with Gasteiger partial charge in [0.15, 0.2) is 0 Å². The molecule has 0 aliphatic carbocycles. The van der Waals surface area contributed by atoms with Crippen LogP contribution in [0.5, 0.6) is 0 Å². The zero-order valence-corrected chi connectivity index (χ0v) is 9.97. The second-order valence-electron chi connectivity index (χ2n) is 4.28. The fourth-order valence-corrected chi connectivity index (χ4v) is 2.30.